The van der Waals surface area contributed by atoms with Crippen LogP contribution in [-0.2, 0) is 4.79 Å². The van der Waals surface area contributed by atoms with Gasteiger partial charge in [-0.15, -0.1) is 0 Å². The average molecular weight is 159 g/mol. The Morgan fingerprint density at radius 3 is 2.67 bits per heavy atom. The minimum atomic E-state index is -0.0764. The number of hydrogen-bond donors (Lipinski definition) is 1. The van der Waals surface area contributed by atoms with Gasteiger partial charge >= 0.3 is 0 Å². The van der Waals surface area contributed by atoms with Crippen molar-refractivity contribution in [3.63, 3.8) is 0 Å². The Balaban J connectivity index is 2.81. The fourth-order valence-corrected chi connectivity index (χ4v) is 1.48. The van der Waals surface area contributed by atoms with Gasteiger partial charge in [0.2, 0.25) is 0 Å². The van der Waals surface area contributed by atoms with Crippen molar-refractivity contribution in [3.05, 3.63) is 11.0 Å². The molecule has 1 aliphatic heterocycles. The summed E-state index contributed by atoms with van der Waals surface area (Å²) in [5.41, 5.74) is 0. The van der Waals surface area contributed by atoms with E-state index in [2.05, 4.69) is 5.32 Å². The maximum atomic E-state index is 10.7. The summed E-state index contributed by atoms with van der Waals surface area (Å²) in [7, 11) is 0. The third-order valence-corrected chi connectivity index (χ3v) is 2.18. The number of thioether (sulfide) groups is 1. The lowest BCUT2D eigenvalue weighted by Crippen LogP contribution is -2.17. The van der Waals surface area contributed by atoms with Crippen molar-refractivity contribution < 1.29 is 4.79 Å². The average Bonchev–Trinajstić information content (AvgIpc) is 2.10. The second-order valence-corrected chi connectivity index (χ2v) is 3.22. The highest BCUT2D eigenvalue weighted by atomic mass is 32.2. The highest BCUT2D eigenvalue weighted by molar-refractivity contribution is 8.26. The standard InChI is InChI=1S/C5H5NOS2/c1-2-3-4(7)6-5(8)9-3/h2H,1H3,(H,6,7,8)/b3-2-. The Kier molecular flexibility index (Phi) is 1.87. The summed E-state index contributed by atoms with van der Waals surface area (Å²) in [6.45, 7) is 1.82. The van der Waals surface area contributed by atoms with Crippen molar-refractivity contribution in [2.24, 2.45) is 0 Å². The van der Waals surface area contributed by atoms with E-state index in [-0.39, 0.29) is 5.91 Å². The number of rotatable bonds is 0. The van der Waals surface area contributed by atoms with Crippen molar-refractivity contribution in [1.29, 1.82) is 0 Å². The molecule has 0 aromatic rings. The first-order chi connectivity index (χ1) is 4.24. The SMILES string of the molecule is C/C=C1\SC(=S)NC1=O. The van der Waals surface area contributed by atoms with Gasteiger partial charge in [0.05, 0.1) is 4.91 Å². The molecule has 1 fully saturated rings. The van der Waals surface area contributed by atoms with Crippen LogP contribution in [0.25, 0.3) is 0 Å². The first kappa shape index (κ1) is 6.77. The molecule has 0 saturated carbocycles. The Bertz CT molecular complexity index is 197. The van der Waals surface area contributed by atoms with Gasteiger partial charge < -0.3 is 5.32 Å². The number of carbonyl (C=O) groups is 1. The summed E-state index contributed by atoms with van der Waals surface area (Å²) in [6, 6.07) is 0. The van der Waals surface area contributed by atoms with Crippen LogP contribution in [0.15, 0.2) is 11.0 Å². The van der Waals surface area contributed by atoms with Gasteiger partial charge in [0, 0.05) is 0 Å². The molecule has 0 aromatic carbocycles. The Morgan fingerprint density at radius 1 is 1.78 bits per heavy atom. The molecule has 9 heavy (non-hydrogen) atoms. The second-order valence-electron chi connectivity index (χ2n) is 1.50. The van der Waals surface area contributed by atoms with Crippen LogP contribution >= 0.6 is 24.0 Å². The van der Waals surface area contributed by atoms with Crippen molar-refractivity contribution in [3.8, 4) is 0 Å². The topological polar surface area (TPSA) is 29.1 Å². The highest BCUT2D eigenvalue weighted by Gasteiger charge is 2.20. The molecule has 1 heterocycles. The molecular formula is C5H5NOS2. The molecule has 1 amide bonds. The van der Waals surface area contributed by atoms with Crippen LogP contribution in [0.4, 0.5) is 0 Å². The van der Waals surface area contributed by atoms with Crippen LogP contribution in [0.2, 0.25) is 0 Å². The molecule has 2 nitrogen and oxygen atoms in total. The van der Waals surface area contributed by atoms with Crippen molar-refractivity contribution in [1.82, 2.24) is 5.32 Å². The molecular weight excluding hydrogens is 154 g/mol. The number of carbonyl (C=O) groups excluding carboxylic acids is 1. The van der Waals surface area contributed by atoms with E-state index >= 15 is 0 Å². The molecule has 0 aromatic heterocycles. The molecule has 1 aliphatic rings. The fraction of sp³-hybridized carbons (Fsp3) is 0.200. The van der Waals surface area contributed by atoms with Crippen LogP contribution < -0.4 is 5.32 Å². The molecule has 0 atom stereocenters. The van der Waals surface area contributed by atoms with E-state index in [4.69, 9.17) is 12.2 Å². The largest absolute Gasteiger partial charge is 0.307 e. The maximum absolute atomic E-state index is 10.7. The third-order valence-electron chi connectivity index (χ3n) is 0.904. The maximum Gasteiger partial charge on any atom is 0.263 e. The molecule has 1 saturated heterocycles. The number of thiocarbonyl (C=S) groups is 1. The van der Waals surface area contributed by atoms with E-state index in [9.17, 15) is 4.79 Å². The summed E-state index contributed by atoms with van der Waals surface area (Å²) in [5, 5.41) is 2.50. The summed E-state index contributed by atoms with van der Waals surface area (Å²) >= 11 is 6.04. The van der Waals surface area contributed by atoms with E-state index < -0.39 is 0 Å². The Labute approximate surface area is 62.7 Å². The van der Waals surface area contributed by atoms with Gasteiger partial charge in [0.1, 0.15) is 4.32 Å². The van der Waals surface area contributed by atoms with Gasteiger partial charge in [0.15, 0.2) is 0 Å². The zero-order valence-corrected chi connectivity index (χ0v) is 6.44. The first-order valence-electron chi connectivity index (χ1n) is 2.43. The number of nitrogens with one attached hydrogen (secondary N) is 1. The van der Waals surface area contributed by atoms with Gasteiger partial charge in [-0.3, -0.25) is 4.79 Å². The summed E-state index contributed by atoms with van der Waals surface area (Å²) < 4.78 is 0.549. The van der Waals surface area contributed by atoms with Crippen LogP contribution in [0.1, 0.15) is 6.92 Å². The molecule has 0 radical (unpaired) electrons. The van der Waals surface area contributed by atoms with Crippen molar-refractivity contribution in [2.45, 2.75) is 6.92 Å². The second kappa shape index (κ2) is 2.49. The van der Waals surface area contributed by atoms with E-state index in [0.717, 1.165) is 0 Å². The predicted molar refractivity (Wildman–Crippen MR) is 42.1 cm³/mol. The van der Waals surface area contributed by atoms with Crippen LogP contribution in [-0.4, -0.2) is 10.2 Å². The van der Waals surface area contributed by atoms with E-state index in [1.807, 2.05) is 6.92 Å². The van der Waals surface area contributed by atoms with Gasteiger partial charge in [-0.05, 0) is 6.92 Å². The minimum absolute atomic E-state index is 0.0764. The highest BCUT2D eigenvalue weighted by Crippen LogP contribution is 2.22. The molecule has 1 rings (SSSR count). The van der Waals surface area contributed by atoms with Crippen LogP contribution in [0.5, 0.6) is 0 Å². The van der Waals surface area contributed by atoms with E-state index in [1.54, 1.807) is 6.08 Å². The number of hydrogen-bond acceptors (Lipinski definition) is 3. The molecule has 0 aliphatic carbocycles. The first-order valence-corrected chi connectivity index (χ1v) is 3.66. The fourth-order valence-electron chi connectivity index (χ4n) is 0.516. The monoisotopic (exact) mass is 159 g/mol. The van der Waals surface area contributed by atoms with Gasteiger partial charge in [-0.25, -0.2) is 0 Å². The lowest BCUT2D eigenvalue weighted by molar-refractivity contribution is -0.115. The van der Waals surface area contributed by atoms with Gasteiger partial charge in [0.25, 0.3) is 5.91 Å². The molecule has 0 bridgehead atoms. The molecule has 0 spiro atoms. The quantitative estimate of drug-likeness (QED) is 0.423. The predicted octanol–water partition coefficient (Wildman–Crippen LogP) is 1.04. The lowest BCUT2D eigenvalue weighted by atomic mass is 10.5. The van der Waals surface area contributed by atoms with E-state index in [1.165, 1.54) is 11.8 Å². The molecule has 1 N–H and O–H groups in total. The summed E-state index contributed by atoms with van der Waals surface area (Å²) in [5.74, 6) is -0.0764. The minimum Gasteiger partial charge on any atom is -0.307 e. The zero-order chi connectivity index (χ0) is 6.85. The number of allylic oxidation sites excluding steroid dienone is 1. The lowest BCUT2D eigenvalue weighted by Gasteiger charge is -1.82. The molecule has 0 unspecified atom stereocenters. The number of amides is 1. The molecule has 48 valence electrons. The van der Waals surface area contributed by atoms with Crippen LogP contribution in [0, 0.1) is 0 Å². The van der Waals surface area contributed by atoms with Crippen LogP contribution in [0.3, 0.4) is 0 Å². The smallest absolute Gasteiger partial charge is 0.263 e. The Hall–Kier alpha value is -0.350. The molecule has 4 heteroatoms. The van der Waals surface area contributed by atoms with Gasteiger partial charge in [-0.1, -0.05) is 30.1 Å². The summed E-state index contributed by atoms with van der Waals surface area (Å²) in [6.07, 6.45) is 1.75. The zero-order valence-electron chi connectivity index (χ0n) is 4.80. The van der Waals surface area contributed by atoms with E-state index in [0.29, 0.717) is 9.23 Å². The van der Waals surface area contributed by atoms with Gasteiger partial charge in [-0.2, -0.15) is 0 Å². The summed E-state index contributed by atoms with van der Waals surface area (Å²) in [4.78, 5) is 11.4. The van der Waals surface area contributed by atoms with Crippen molar-refractivity contribution >= 4 is 34.2 Å². The Morgan fingerprint density at radius 2 is 2.44 bits per heavy atom. The van der Waals surface area contributed by atoms with Crippen molar-refractivity contribution in [2.75, 3.05) is 0 Å². The normalized spacial score (nSPS) is 23.0. The third kappa shape index (κ3) is 1.31.